The van der Waals surface area contributed by atoms with Crippen LogP contribution in [-0.4, -0.2) is 4.98 Å². The highest BCUT2D eigenvalue weighted by atomic mass is 32.1. The Balaban J connectivity index is 1.56. The van der Waals surface area contributed by atoms with E-state index in [0.717, 1.165) is 0 Å². The van der Waals surface area contributed by atoms with Gasteiger partial charge in [-0.25, -0.2) is 0 Å². The number of thiophene rings is 1. The van der Waals surface area contributed by atoms with Crippen LogP contribution in [-0.2, 0) is 0 Å². The van der Waals surface area contributed by atoms with Gasteiger partial charge in [0.1, 0.15) is 0 Å². The van der Waals surface area contributed by atoms with Gasteiger partial charge in [0.2, 0.25) is 0 Å². The Labute approximate surface area is 177 Å². The first-order valence-electron chi connectivity index (χ1n) is 10.2. The van der Waals surface area contributed by atoms with Crippen molar-refractivity contribution in [3.63, 3.8) is 0 Å². The van der Waals surface area contributed by atoms with Crippen LogP contribution in [0, 0.1) is 0 Å². The number of benzene rings is 5. The first kappa shape index (κ1) is 16.2. The molecule has 0 radical (unpaired) electrons. The van der Waals surface area contributed by atoms with Gasteiger partial charge in [0.15, 0.2) is 0 Å². The summed E-state index contributed by atoms with van der Waals surface area (Å²) in [7, 11) is 0. The van der Waals surface area contributed by atoms with Crippen molar-refractivity contribution in [3.05, 3.63) is 97.1 Å². The molecule has 2 heteroatoms. The van der Waals surface area contributed by atoms with Crippen LogP contribution >= 0.6 is 11.3 Å². The van der Waals surface area contributed by atoms with Crippen LogP contribution in [0.15, 0.2) is 97.1 Å². The van der Waals surface area contributed by atoms with Gasteiger partial charge in [0.25, 0.3) is 0 Å². The molecule has 0 unspecified atom stereocenters. The summed E-state index contributed by atoms with van der Waals surface area (Å²) in [6.07, 6.45) is 0. The van der Waals surface area contributed by atoms with Crippen LogP contribution in [0.25, 0.3) is 63.9 Å². The number of hydrogen-bond donors (Lipinski definition) is 1. The molecule has 0 atom stereocenters. The second-order valence-electron chi connectivity index (χ2n) is 7.91. The maximum absolute atomic E-state index is 3.70. The Morgan fingerprint density at radius 1 is 0.500 bits per heavy atom. The average molecular weight is 400 g/mol. The summed E-state index contributed by atoms with van der Waals surface area (Å²) >= 11 is 1.87. The zero-order valence-electron chi connectivity index (χ0n) is 16.1. The number of hydrogen-bond acceptors (Lipinski definition) is 1. The molecule has 2 heterocycles. The maximum atomic E-state index is 3.70. The molecule has 0 aliphatic heterocycles. The van der Waals surface area contributed by atoms with E-state index in [9.17, 15) is 0 Å². The molecule has 2 aromatic heterocycles. The summed E-state index contributed by atoms with van der Waals surface area (Å²) in [5.41, 5.74) is 4.98. The second kappa shape index (κ2) is 5.94. The van der Waals surface area contributed by atoms with Crippen LogP contribution in [0.1, 0.15) is 0 Å². The summed E-state index contributed by atoms with van der Waals surface area (Å²) < 4.78 is 2.67. The lowest BCUT2D eigenvalue weighted by atomic mass is 10.0. The lowest BCUT2D eigenvalue weighted by Gasteiger charge is -2.02. The van der Waals surface area contributed by atoms with E-state index in [2.05, 4.69) is 102 Å². The van der Waals surface area contributed by atoms with E-state index >= 15 is 0 Å². The third-order valence-corrected chi connectivity index (χ3v) is 7.33. The van der Waals surface area contributed by atoms with Gasteiger partial charge < -0.3 is 4.98 Å². The van der Waals surface area contributed by atoms with Crippen LogP contribution in [0.2, 0.25) is 0 Å². The van der Waals surface area contributed by atoms with E-state index in [0.29, 0.717) is 0 Å². The van der Waals surface area contributed by atoms with Gasteiger partial charge in [-0.2, -0.15) is 0 Å². The predicted molar refractivity (Wildman–Crippen MR) is 132 cm³/mol. The minimum absolute atomic E-state index is 1.21. The van der Waals surface area contributed by atoms with Crippen molar-refractivity contribution in [1.82, 2.24) is 4.98 Å². The molecule has 0 bridgehead atoms. The molecule has 0 aliphatic carbocycles. The van der Waals surface area contributed by atoms with Crippen molar-refractivity contribution >= 4 is 64.1 Å². The van der Waals surface area contributed by atoms with Crippen molar-refractivity contribution in [3.8, 4) is 11.1 Å². The minimum atomic E-state index is 1.21. The number of aromatic nitrogens is 1. The van der Waals surface area contributed by atoms with Gasteiger partial charge in [0.05, 0.1) is 5.52 Å². The number of H-pyrrole nitrogens is 1. The number of rotatable bonds is 1. The molecule has 7 aromatic rings. The van der Waals surface area contributed by atoms with Crippen LogP contribution in [0.4, 0.5) is 0 Å². The van der Waals surface area contributed by atoms with Crippen molar-refractivity contribution < 1.29 is 0 Å². The summed E-state index contributed by atoms with van der Waals surface area (Å²) in [6, 6.07) is 35.3. The fourth-order valence-electron chi connectivity index (χ4n) is 4.72. The summed E-state index contributed by atoms with van der Waals surface area (Å²) in [6.45, 7) is 0. The Bertz CT molecular complexity index is 1740. The van der Waals surface area contributed by atoms with Gasteiger partial charge in [-0.05, 0) is 40.8 Å². The van der Waals surface area contributed by atoms with E-state index in [1.807, 2.05) is 11.3 Å². The first-order chi connectivity index (χ1) is 14.8. The monoisotopic (exact) mass is 399 g/mol. The number of nitrogens with one attached hydrogen (secondary N) is 1. The molecular formula is C28H17NS. The van der Waals surface area contributed by atoms with E-state index in [1.165, 1.54) is 63.9 Å². The van der Waals surface area contributed by atoms with Crippen molar-refractivity contribution in [2.24, 2.45) is 0 Å². The van der Waals surface area contributed by atoms with Gasteiger partial charge >= 0.3 is 0 Å². The molecule has 1 nitrogen and oxygen atoms in total. The quantitative estimate of drug-likeness (QED) is 0.285. The van der Waals surface area contributed by atoms with Crippen LogP contribution in [0.3, 0.4) is 0 Å². The zero-order valence-corrected chi connectivity index (χ0v) is 17.0. The highest BCUT2D eigenvalue weighted by Crippen LogP contribution is 2.40. The lowest BCUT2D eigenvalue weighted by Crippen LogP contribution is -1.76. The van der Waals surface area contributed by atoms with Gasteiger partial charge in [-0.15, -0.1) is 11.3 Å². The largest absolute Gasteiger partial charge is 0.354 e. The van der Waals surface area contributed by atoms with E-state index in [4.69, 9.17) is 0 Å². The SMILES string of the molecule is c1ccc(-c2ccc3sc4cc5[nH]c6c7ccccc7ccc6c5cc4c3c2)cc1. The Hall–Kier alpha value is -3.62. The highest BCUT2D eigenvalue weighted by molar-refractivity contribution is 7.25. The molecule has 5 aromatic carbocycles. The fourth-order valence-corrected chi connectivity index (χ4v) is 5.83. The van der Waals surface area contributed by atoms with Crippen LogP contribution < -0.4 is 0 Å². The molecule has 7 rings (SSSR count). The highest BCUT2D eigenvalue weighted by Gasteiger charge is 2.12. The van der Waals surface area contributed by atoms with E-state index in [-0.39, 0.29) is 0 Å². The maximum Gasteiger partial charge on any atom is 0.0544 e. The average Bonchev–Trinajstić information content (AvgIpc) is 3.35. The van der Waals surface area contributed by atoms with E-state index < -0.39 is 0 Å². The zero-order chi connectivity index (χ0) is 19.7. The second-order valence-corrected chi connectivity index (χ2v) is 8.99. The Morgan fingerprint density at radius 2 is 1.33 bits per heavy atom. The smallest absolute Gasteiger partial charge is 0.0544 e. The van der Waals surface area contributed by atoms with Gasteiger partial charge in [-0.3, -0.25) is 0 Å². The summed E-state index contributed by atoms with van der Waals surface area (Å²) in [5, 5.41) is 7.84. The predicted octanol–water partition coefficient (Wildman–Crippen LogP) is 8.51. The normalized spacial score (nSPS) is 12.0. The van der Waals surface area contributed by atoms with Crippen molar-refractivity contribution in [1.29, 1.82) is 0 Å². The Morgan fingerprint density at radius 3 is 2.27 bits per heavy atom. The summed E-state index contributed by atoms with van der Waals surface area (Å²) in [5.74, 6) is 0. The molecule has 0 aliphatic rings. The fraction of sp³-hybridized carbons (Fsp3) is 0. The molecule has 140 valence electrons. The topological polar surface area (TPSA) is 15.8 Å². The van der Waals surface area contributed by atoms with Crippen molar-refractivity contribution in [2.75, 3.05) is 0 Å². The third kappa shape index (κ3) is 2.23. The molecule has 0 saturated heterocycles. The number of fused-ring (bicyclic) bond motifs is 8. The minimum Gasteiger partial charge on any atom is -0.354 e. The van der Waals surface area contributed by atoms with E-state index in [1.54, 1.807) is 0 Å². The standard InChI is InChI=1S/C28H17NS/c1-2-6-17(7-3-1)19-11-13-26-23(14-19)24-15-22-21-12-10-18-8-4-5-9-20(18)28(21)29-25(22)16-27(24)30-26/h1-16,29H. The Kier molecular flexibility index (Phi) is 3.21. The lowest BCUT2D eigenvalue weighted by molar-refractivity contribution is 1.58. The van der Waals surface area contributed by atoms with Gasteiger partial charge in [-0.1, -0.05) is 72.8 Å². The third-order valence-electron chi connectivity index (χ3n) is 6.20. The first-order valence-corrected chi connectivity index (χ1v) is 11.0. The summed E-state index contributed by atoms with van der Waals surface area (Å²) in [4.78, 5) is 3.70. The molecule has 0 fully saturated rings. The molecular weight excluding hydrogens is 382 g/mol. The van der Waals surface area contributed by atoms with Crippen molar-refractivity contribution in [2.45, 2.75) is 0 Å². The molecule has 1 N–H and O–H groups in total. The van der Waals surface area contributed by atoms with Gasteiger partial charge in [0, 0.05) is 41.8 Å². The molecule has 0 saturated carbocycles. The van der Waals surface area contributed by atoms with Crippen LogP contribution in [0.5, 0.6) is 0 Å². The molecule has 0 amide bonds. The molecule has 0 spiro atoms. The number of aromatic amines is 1. The molecule has 30 heavy (non-hydrogen) atoms.